The first-order valence-corrected chi connectivity index (χ1v) is 9.94. The molecule has 148 valence electrons. The molecule has 0 saturated carbocycles. The van der Waals surface area contributed by atoms with Gasteiger partial charge >= 0.3 is 6.03 Å². The van der Waals surface area contributed by atoms with Crippen LogP contribution in [-0.2, 0) is 0 Å². The zero-order valence-electron chi connectivity index (χ0n) is 15.8. The van der Waals surface area contributed by atoms with Gasteiger partial charge in [-0.25, -0.2) is 4.79 Å². The molecule has 1 aromatic heterocycles. The molecule has 3 aromatic rings. The number of hydrogen-bond acceptors (Lipinski definition) is 3. The van der Waals surface area contributed by atoms with Crippen LogP contribution in [-0.4, -0.2) is 52.9 Å². The van der Waals surface area contributed by atoms with Crippen molar-refractivity contribution in [3.8, 4) is 0 Å². The van der Waals surface area contributed by atoms with Gasteiger partial charge in [0.25, 0.3) is 5.91 Å². The van der Waals surface area contributed by atoms with E-state index in [1.54, 1.807) is 40.3 Å². The Bertz CT molecular complexity index is 1050. The molecule has 1 N–H and O–H groups in total. The van der Waals surface area contributed by atoms with Crippen LogP contribution in [0.1, 0.15) is 16.9 Å². The summed E-state index contributed by atoms with van der Waals surface area (Å²) in [7, 11) is 0. The van der Waals surface area contributed by atoms with E-state index in [1.165, 1.54) is 0 Å². The summed E-state index contributed by atoms with van der Waals surface area (Å²) in [5.74, 6) is -0.0982. The Morgan fingerprint density at radius 3 is 2.59 bits per heavy atom. The predicted octanol–water partition coefficient (Wildman–Crippen LogP) is 4.27. The number of pyridine rings is 1. The lowest BCUT2D eigenvalue weighted by Gasteiger charge is -2.22. The molecular formula is C22H21ClN4O2. The number of anilines is 1. The number of nitrogens with one attached hydrogen (secondary N) is 1. The van der Waals surface area contributed by atoms with Crippen molar-refractivity contribution in [1.29, 1.82) is 0 Å². The van der Waals surface area contributed by atoms with E-state index >= 15 is 0 Å². The minimum atomic E-state index is -0.190. The van der Waals surface area contributed by atoms with Crippen LogP contribution in [0.3, 0.4) is 0 Å². The number of amides is 3. The molecule has 1 aliphatic rings. The maximum atomic E-state index is 13.1. The molecule has 0 radical (unpaired) electrons. The number of aromatic nitrogens is 1. The Kier molecular flexibility index (Phi) is 5.62. The molecule has 1 fully saturated rings. The second kappa shape index (κ2) is 8.49. The molecule has 0 unspecified atom stereocenters. The SMILES string of the molecule is O=C(Nc1cccc(Cl)c1)N1CCCN(C(=O)c2nccc3ccccc23)CC1. The number of nitrogens with zero attached hydrogens (tertiary/aromatic N) is 3. The second-order valence-electron chi connectivity index (χ2n) is 6.95. The van der Waals surface area contributed by atoms with E-state index in [2.05, 4.69) is 10.3 Å². The summed E-state index contributed by atoms with van der Waals surface area (Å²) < 4.78 is 0. The average molecular weight is 409 g/mol. The summed E-state index contributed by atoms with van der Waals surface area (Å²) in [5.41, 5.74) is 1.11. The van der Waals surface area contributed by atoms with Gasteiger partial charge in [0.1, 0.15) is 5.69 Å². The van der Waals surface area contributed by atoms with Gasteiger partial charge in [0.2, 0.25) is 0 Å². The van der Waals surface area contributed by atoms with Crippen LogP contribution in [0.15, 0.2) is 60.8 Å². The lowest BCUT2D eigenvalue weighted by molar-refractivity contribution is 0.0759. The first-order chi connectivity index (χ1) is 14.1. The summed E-state index contributed by atoms with van der Waals surface area (Å²) in [6, 6.07) is 16.5. The molecule has 4 rings (SSSR count). The monoisotopic (exact) mass is 408 g/mol. The quantitative estimate of drug-likeness (QED) is 0.688. The van der Waals surface area contributed by atoms with E-state index < -0.39 is 0 Å². The van der Waals surface area contributed by atoms with Crippen molar-refractivity contribution in [2.75, 3.05) is 31.5 Å². The summed E-state index contributed by atoms with van der Waals surface area (Å²) in [6.07, 6.45) is 2.37. The van der Waals surface area contributed by atoms with Gasteiger partial charge < -0.3 is 15.1 Å². The average Bonchev–Trinajstić information content (AvgIpc) is 2.99. The van der Waals surface area contributed by atoms with E-state index in [0.29, 0.717) is 49.0 Å². The minimum Gasteiger partial charge on any atom is -0.335 e. The third kappa shape index (κ3) is 4.32. The largest absolute Gasteiger partial charge is 0.335 e. The topological polar surface area (TPSA) is 65.5 Å². The van der Waals surface area contributed by atoms with E-state index in [4.69, 9.17) is 11.6 Å². The Morgan fingerprint density at radius 1 is 0.931 bits per heavy atom. The molecule has 1 saturated heterocycles. The molecule has 0 bridgehead atoms. The van der Waals surface area contributed by atoms with Crippen molar-refractivity contribution in [2.45, 2.75) is 6.42 Å². The van der Waals surface area contributed by atoms with E-state index in [9.17, 15) is 9.59 Å². The first-order valence-electron chi connectivity index (χ1n) is 9.56. The number of carbonyl (C=O) groups excluding carboxylic acids is 2. The van der Waals surface area contributed by atoms with Crippen molar-refractivity contribution in [3.63, 3.8) is 0 Å². The Balaban J connectivity index is 1.44. The maximum Gasteiger partial charge on any atom is 0.321 e. The van der Waals surface area contributed by atoms with Crippen molar-refractivity contribution >= 4 is 40.0 Å². The molecule has 29 heavy (non-hydrogen) atoms. The molecule has 7 heteroatoms. The van der Waals surface area contributed by atoms with Crippen LogP contribution in [0.2, 0.25) is 5.02 Å². The van der Waals surface area contributed by atoms with E-state index in [-0.39, 0.29) is 11.9 Å². The second-order valence-corrected chi connectivity index (χ2v) is 7.39. The van der Waals surface area contributed by atoms with Gasteiger partial charge in [0, 0.05) is 48.5 Å². The van der Waals surface area contributed by atoms with Gasteiger partial charge in [-0.3, -0.25) is 9.78 Å². The van der Waals surface area contributed by atoms with Gasteiger partial charge in [0.15, 0.2) is 0 Å². The highest BCUT2D eigenvalue weighted by molar-refractivity contribution is 6.30. The fourth-order valence-corrected chi connectivity index (χ4v) is 3.72. The van der Waals surface area contributed by atoms with Gasteiger partial charge in [-0.05, 0) is 36.1 Å². The van der Waals surface area contributed by atoms with E-state index in [0.717, 1.165) is 10.8 Å². The zero-order valence-corrected chi connectivity index (χ0v) is 16.6. The molecule has 6 nitrogen and oxygen atoms in total. The normalized spacial score (nSPS) is 14.5. The zero-order chi connectivity index (χ0) is 20.2. The van der Waals surface area contributed by atoms with Gasteiger partial charge in [-0.2, -0.15) is 0 Å². The Labute approximate surface area is 174 Å². The summed E-state index contributed by atoms with van der Waals surface area (Å²) in [4.78, 5) is 33.6. The fourth-order valence-electron chi connectivity index (χ4n) is 3.53. The molecule has 0 aliphatic carbocycles. The summed E-state index contributed by atoms with van der Waals surface area (Å²) in [6.45, 7) is 2.10. The summed E-state index contributed by atoms with van der Waals surface area (Å²) in [5, 5.41) is 5.27. The first kappa shape index (κ1) is 19.2. The highest BCUT2D eigenvalue weighted by Gasteiger charge is 2.24. The number of hydrogen-bond donors (Lipinski definition) is 1. The number of urea groups is 1. The van der Waals surface area contributed by atoms with Crippen LogP contribution >= 0.6 is 11.6 Å². The Hall–Kier alpha value is -3.12. The molecule has 0 atom stereocenters. The molecule has 2 aromatic carbocycles. The lowest BCUT2D eigenvalue weighted by Crippen LogP contribution is -2.39. The third-order valence-corrected chi connectivity index (χ3v) is 5.26. The summed E-state index contributed by atoms with van der Waals surface area (Å²) >= 11 is 5.98. The number of rotatable bonds is 2. The number of fused-ring (bicyclic) bond motifs is 1. The number of benzene rings is 2. The highest BCUT2D eigenvalue weighted by Crippen LogP contribution is 2.19. The molecule has 1 aliphatic heterocycles. The van der Waals surface area contributed by atoms with Gasteiger partial charge in [-0.15, -0.1) is 0 Å². The van der Waals surface area contributed by atoms with Crippen LogP contribution in [0.25, 0.3) is 10.8 Å². The van der Waals surface area contributed by atoms with Crippen LogP contribution in [0, 0.1) is 0 Å². The molecule has 2 heterocycles. The van der Waals surface area contributed by atoms with Crippen molar-refractivity contribution in [2.24, 2.45) is 0 Å². The maximum absolute atomic E-state index is 13.1. The smallest absolute Gasteiger partial charge is 0.321 e. The molecule has 3 amide bonds. The standard InChI is InChI=1S/C22H21ClN4O2/c23-17-6-3-7-18(15-17)25-22(29)27-12-4-11-26(13-14-27)21(28)20-19-8-2-1-5-16(19)9-10-24-20/h1-3,5-10,15H,4,11-14H2,(H,25,29). The predicted molar refractivity (Wildman–Crippen MR) is 114 cm³/mol. The van der Waals surface area contributed by atoms with Crippen LogP contribution in [0.5, 0.6) is 0 Å². The van der Waals surface area contributed by atoms with Gasteiger partial charge in [0.05, 0.1) is 0 Å². The van der Waals surface area contributed by atoms with Crippen molar-refractivity contribution < 1.29 is 9.59 Å². The van der Waals surface area contributed by atoms with Crippen molar-refractivity contribution in [3.05, 3.63) is 71.5 Å². The number of carbonyl (C=O) groups is 2. The van der Waals surface area contributed by atoms with Crippen molar-refractivity contribution in [1.82, 2.24) is 14.8 Å². The third-order valence-electron chi connectivity index (χ3n) is 5.02. The highest BCUT2D eigenvalue weighted by atomic mass is 35.5. The minimum absolute atomic E-state index is 0.0982. The number of halogens is 1. The molecule has 0 spiro atoms. The van der Waals surface area contributed by atoms with Crippen LogP contribution < -0.4 is 5.32 Å². The lowest BCUT2D eigenvalue weighted by atomic mass is 10.1. The Morgan fingerprint density at radius 2 is 1.72 bits per heavy atom. The van der Waals surface area contributed by atoms with E-state index in [1.807, 2.05) is 30.3 Å². The molecular weight excluding hydrogens is 388 g/mol. The van der Waals surface area contributed by atoms with Gasteiger partial charge in [-0.1, -0.05) is 41.9 Å². The van der Waals surface area contributed by atoms with Crippen LogP contribution in [0.4, 0.5) is 10.5 Å². The fraction of sp³-hybridized carbons (Fsp3) is 0.227.